The van der Waals surface area contributed by atoms with Gasteiger partial charge in [-0.05, 0) is 12.3 Å². The lowest BCUT2D eigenvalue weighted by atomic mass is 10.2. The monoisotopic (exact) mass is 229 g/mol. The summed E-state index contributed by atoms with van der Waals surface area (Å²) in [5, 5.41) is 15.0. The first-order valence-electron chi connectivity index (χ1n) is 5.23. The van der Waals surface area contributed by atoms with Gasteiger partial charge in [-0.25, -0.2) is 0 Å². The van der Waals surface area contributed by atoms with Gasteiger partial charge in [-0.15, -0.1) is 10.2 Å². The Balaban J connectivity index is 2.26. The predicted molar refractivity (Wildman–Crippen MR) is 58.0 cm³/mol. The lowest BCUT2D eigenvalue weighted by molar-refractivity contribution is 0.0595. The molecule has 0 spiro atoms. The summed E-state index contributed by atoms with van der Waals surface area (Å²) in [7, 11) is 5.29. The van der Waals surface area contributed by atoms with E-state index in [4.69, 9.17) is 9.47 Å². The number of rotatable bonds is 8. The van der Waals surface area contributed by atoms with E-state index in [1.165, 1.54) is 4.80 Å². The van der Waals surface area contributed by atoms with Crippen molar-refractivity contribution in [1.29, 1.82) is 0 Å². The fraction of sp³-hybridized carbons (Fsp3) is 0.889. The van der Waals surface area contributed by atoms with Crippen molar-refractivity contribution < 1.29 is 9.47 Å². The number of methoxy groups -OCH3 is 1. The molecule has 1 rings (SSSR count). The van der Waals surface area contributed by atoms with Gasteiger partial charge >= 0.3 is 0 Å². The first kappa shape index (κ1) is 13.0. The lowest BCUT2D eigenvalue weighted by Crippen LogP contribution is -2.33. The third-order valence-corrected chi connectivity index (χ3v) is 2.14. The molecule has 0 aromatic carbocycles. The molecule has 0 bridgehead atoms. The third-order valence-electron chi connectivity index (χ3n) is 2.14. The molecule has 0 aliphatic rings. The van der Waals surface area contributed by atoms with Gasteiger partial charge in [0, 0.05) is 19.6 Å². The highest BCUT2D eigenvalue weighted by atomic mass is 16.5. The second-order valence-corrected chi connectivity index (χ2v) is 3.45. The Morgan fingerprint density at radius 2 is 2.25 bits per heavy atom. The summed E-state index contributed by atoms with van der Waals surface area (Å²) < 4.78 is 10.3. The van der Waals surface area contributed by atoms with Crippen LogP contribution in [-0.2, 0) is 22.9 Å². The topological polar surface area (TPSA) is 74.1 Å². The van der Waals surface area contributed by atoms with Crippen LogP contribution >= 0.6 is 0 Å². The molecule has 0 saturated carbocycles. The average Bonchev–Trinajstić information content (AvgIpc) is 2.68. The zero-order chi connectivity index (χ0) is 11.8. The number of hydrogen-bond donors (Lipinski definition) is 1. The molecule has 1 atom stereocenters. The molecule has 0 aliphatic heterocycles. The van der Waals surface area contributed by atoms with E-state index < -0.39 is 0 Å². The molecule has 0 saturated heterocycles. The minimum Gasteiger partial charge on any atom is -0.382 e. The maximum absolute atomic E-state index is 5.44. The van der Waals surface area contributed by atoms with Gasteiger partial charge in [0.2, 0.25) is 0 Å². The smallest absolute Gasteiger partial charge is 0.176 e. The molecular formula is C9H19N5O2. The highest BCUT2D eigenvalue weighted by molar-refractivity contribution is 4.83. The van der Waals surface area contributed by atoms with Crippen LogP contribution in [0.3, 0.4) is 0 Å². The van der Waals surface area contributed by atoms with Crippen LogP contribution in [0.25, 0.3) is 0 Å². The molecule has 16 heavy (non-hydrogen) atoms. The molecule has 0 amide bonds. The SMILES string of the molecule is CNC(COCCOC)Cc1nnn(C)n1. The Morgan fingerprint density at radius 3 is 2.81 bits per heavy atom. The summed E-state index contributed by atoms with van der Waals surface area (Å²) in [6.07, 6.45) is 0.706. The van der Waals surface area contributed by atoms with Gasteiger partial charge in [-0.3, -0.25) is 0 Å². The maximum atomic E-state index is 5.44. The molecule has 1 heterocycles. The number of hydrogen-bond acceptors (Lipinski definition) is 6. The summed E-state index contributed by atoms with van der Waals surface area (Å²) >= 11 is 0. The molecule has 92 valence electrons. The van der Waals surface area contributed by atoms with Gasteiger partial charge in [0.25, 0.3) is 0 Å². The second-order valence-electron chi connectivity index (χ2n) is 3.45. The highest BCUT2D eigenvalue weighted by Crippen LogP contribution is 1.95. The van der Waals surface area contributed by atoms with Gasteiger partial charge < -0.3 is 14.8 Å². The van der Waals surface area contributed by atoms with Crippen LogP contribution in [0.1, 0.15) is 5.82 Å². The van der Waals surface area contributed by atoms with Crippen molar-refractivity contribution in [2.24, 2.45) is 7.05 Å². The van der Waals surface area contributed by atoms with Crippen LogP contribution in [0, 0.1) is 0 Å². The lowest BCUT2D eigenvalue weighted by Gasteiger charge is -2.14. The number of nitrogens with one attached hydrogen (secondary N) is 1. The minimum absolute atomic E-state index is 0.195. The van der Waals surface area contributed by atoms with Crippen molar-refractivity contribution in [3.63, 3.8) is 0 Å². The summed E-state index contributed by atoms with van der Waals surface area (Å²) in [4.78, 5) is 1.45. The molecule has 1 aromatic rings. The largest absolute Gasteiger partial charge is 0.382 e. The van der Waals surface area contributed by atoms with Crippen LogP contribution in [0.5, 0.6) is 0 Å². The number of aryl methyl sites for hydroxylation is 1. The highest BCUT2D eigenvalue weighted by Gasteiger charge is 2.11. The molecule has 7 nitrogen and oxygen atoms in total. The molecule has 7 heteroatoms. The van der Waals surface area contributed by atoms with Crippen LogP contribution in [0.4, 0.5) is 0 Å². The van der Waals surface area contributed by atoms with E-state index in [1.54, 1.807) is 14.2 Å². The van der Waals surface area contributed by atoms with E-state index in [0.29, 0.717) is 26.2 Å². The van der Waals surface area contributed by atoms with Gasteiger partial charge in [-0.1, -0.05) is 0 Å². The van der Waals surface area contributed by atoms with Crippen molar-refractivity contribution in [2.45, 2.75) is 12.5 Å². The first-order valence-corrected chi connectivity index (χ1v) is 5.23. The van der Waals surface area contributed by atoms with Crippen LogP contribution in [-0.4, -0.2) is 60.2 Å². The Morgan fingerprint density at radius 1 is 1.44 bits per heavy atom. The number of tetrazole rings is 1. The van der Waals surface area contributed by atoms with Crippen molar-refractivity contribution >= 4 is 0 Å². The van der Waals surface area contributed by atoms with Gasteiger partial charge in [0.15, 0.2) is 5.82 Å². The zero-order valence-electron chi connectivity index (χ0n) is 10.0. The van der Waals surface area contributed by atoms with E-state index in [9.17, 15) is 0 Å². The normalized spacial score (nSPS) is 12.9. The zero-order valence-corrected chi connectivity index (χ0v) is 10.0. The fourth-order valence-corrected chi connectivity index (χ4v) is 1.24. The van der Waals surface area contributed by atoms with Crippen LogP contribution in [0.2, 0.25) is 0 Å². The molecule has 0 radical (unpaired) electrons. The van der Waals surface area contributed by atoms with Gasteiger partial charge in [0.1, 0.15) is 0 Å². The van der Waals surface area contributed by atoms with Crippen molar-refractivity contribution in [3.05, 3.63) is 5.82 Å². The van der Waals surface area contributed by atoms with E-state index in [0.717, 1.165) is 5.82 Å². The average molecular weight is 229 g/mol. The summed E-state index contributed by atoms with van der Waals surface area (Å²) in [6.45, 7) is 1.82. The van der Waals surface area contributed by atoms with Crippen LogP contribution < -0.4 is 5.32 Å². The van der Waals surface area contributed by atoms with Crippen molar-refractivity contribution in [3.8, 4) is 0 Å². The number of aromatic nitrogens is 4. The first-order chi connectivity index (χ1) is 7.76. The van der Waals surface area contributed by atoms with E-state index >= 15 is 0 Å². The third kappa shape index (κ3) is 4.65. The number of nitrogens with zero attached hydrogens (tertiary/aromatic N) is 4. The Kier molecular flexibility index (Phi) is 5.91. The molecular weight excluding hydrogens is 210 g/mol. The summed E-state index contributed by atoms with van der Waals surface area (Å²) in [5.74, 6) is 0.720. The summed E-state index contributed by atoms with van der Waals surface area (Å²) in [5.41, 5.74) is 0. The fourth-order valence-electron chi connectivity index (χ4n) is 1.24. The van der Waals surface area contributed by atoms with Crippen LogP contribution in [0.15, 0.2) is 0 Å². The minimum atomic E-state index is 0.195. The number of likely N-dealkylation sites (N-methyl/N-ethyl adjacent to an activating group) is 1. The summed E-state index contributed by atoms with van der Waals surface area (Å²) in [6, 6.07) is 0.195. The Bertz CT molecular complexity index is 291. The van der Waals surface area contributed by atoms with Crippen molar-refractivity contribution in [2.75, 3.05) is 34.0 Å². The standard InChI is InChI=1S/C9H19N5O2/c1-10-8(7-16-5-4-15-3)6-9-11-13-14(2)12-9/h8,10H,4-7H2,1-3H3. The van der Waals surface area contributed by atoms with E-state index in [1.807, 2.05) is 7.05 Å². The molecule has 1 N–H and O–H groups in total. The predicted octanol–water partition coefficient (Wildman–Crippen LogP) is -0.996. The Hall–Kier alpha value is -1.05. The molecule has 1 unspecified atom stereocenters. The van der Waals surface area contributed by atoms with E-state index in [2.05, 4.69) is 20.7 Å². The van der Waals surface area contributed by atoms with E-state index in [-0.39, 0.29) is 6.04 Å². The number of ether oxygens (including phenoxy) is 2. The van der Waals surface area contributed by atoms with Gasteiger partial charge in [0.05, 0.1) is 26.9 Å². The molecule has 0 fully saturated rings. The molecule has 0 aliphatic carbocycles. The van der Waals surface area contributed by atoms with Gasteiger partial charge in [-0.2, -0.15) is 4.80 Å². The maximum Gasteiger partial charge on any atom is 0.176 e. The van der Waals surface area contributed by atoms with Crippen molar-refractivity contribution in [1.82, 2.24) is 25.5 Å². The second kappa shape index (κ2) is 7.26. The molecule has 1 aromatic heterocycles. The quantitative estimate of drug-likeness (QED) is 0.577. The Labute approximate surface area is 95.1 Å².